The highest BCUT2D eigenvalue weighted by Crippen LogP contribution is 2.13. The molecule has 1 aromatic carbocycles. The molecule has 0 atom stereocenters. The monoisotopic (exact) mass is 300 g/mol. The maximum absolute atomic E-state index is 11.6. The van der Waals surface area contributed by atoms with Gasteiger partial charge in [0.25, 0.3) is 0 Å². The topological polar surface area (TPSA) is 55.6 Å². The maximum atomic E-state index is 11.6. The standard InChI is InChI=1S/C12H17BrN2O2/c1-12(2,3)17-11(16)15(14)8-9-4-6-10(13)7-5-9/h4-7H,8,14H2,1-3H3. The molecule has 0 bridgehead atoms. The Bertz CT molecular complexity index is 384. The van der Waals surface area contributed by atoms with Crippen LogP contribution in [0.3, 0.4) is 0 Å². The molecule has 0 fully saturated rings. The lowest BCUT2D eigenvalue weighted by Crippen LogP contribution is -2.40. The molecule has 17 heavy (non-hydrogen) atoms. The molecule has 0 aliphatic carbocycles. The first-order valence-electron chi connectivity index (χ1n) is 5.27. The van der Waals surface area contributed by atoms with Gasteiger partial charge in [-0.25, -0.2) is 15.6 Å². The minimum absolute atomic E-state index is 0.322. The molecular weight excluding hydrogens is 284 g/mol. The van der Waals surface area contributed by atoms with E-state index >= 15 is 0 Å². The first-order chi connectivity index (χ1) is 7.78. The predicted molar refractivity (Wildman–Crippen MR) is 70.1 cm³/mol. The number of hydrazine groups is 1. The minimum Gasteiger partial charge on any atom is -0.443 e. The van der Waals surface area contributed by atoms with Crippen molar-refractivity contribution in [2.75, 3.05) is 0 Å². The molecule has 0 saturated heterocycles. The number of hydrogen-bond donors (Lipinski definition) is 1. The van der Waals surface area contributed by atoms with Gasteiger partial charge >= 0.3 is 6.09 Å². The molecule has 5 heteroatoms. The molecule has 1 aromatic rings. The lowest BCUT2D eigenvalue weighted by molar-refractivity contribution is 0.0231. The summed E-state index contributed by atoms with van der Waals surface area (Å²) in [6.45, 7) is 5.73. The zero-order chi connectivity index (χ0) is 13.1. The van der Waals surface area contributed by atoms with Crippen LogP contribution in [-0.4, -0.2) is 16.7 Å². The van der Waals surface area contributed by atoms with E-state index in [4.69, 9.17) is 10.6 Å². The first kappa shape index (κ1) is 14.0. The fourth-order valence-corrected chi connectivity index (χ4v) is 1.44. The third kappa shape index (κ3) is 5.19. The summed E-state index contributed by atoms with van der Waals surface area (Å²) in [6.07, 6.45) is -0.527. The van der Waals surface area contributed by atoms with Crippen molar-refractivity contribution in [2.24, 2.45) is 5.84 Å². The molecular formula is C12H17BrN2O2. The molecule has 0 unspecified atom stereocenters. The van der Waals surface area contributed by atoms with Gasteiger partial charge in [-0.1, -0.05) is 28.1 Å². The van der Waals surface area contributed by atoms with Crippen LogP contribution in [0.2, 0.25) is 0 Å². The van der Waals surface area contributed by atoms with Gasteiger partial charge in [-0.2, -0.15) is 0 Å². The quantitative estimate of drug-likeness (QED) is 0.519. The Balaban J connectivity index is 2.57. The van der Waals surface area contributed by atoms with Gasteiger partial charge in [0.1, 0.15) is 5.60 Å². The SMILES string of the molecule is CC(C)(C)OC(=O)N(N)Cc1ccc(Br)cc1. The van der Waals surface area contributed by atoms with E-state index in [-0.39, 0.29) is 0 Å². The molecule has 0 heterocycles. The number of benzene rings is 1. The second-order valence-corrected chi connectivity index (χ2v) is 5.65. The van der Waals surface area contributed by atoms with E-state index in [1.54, 1.807) is 20.8 Å². The normalized spacial score (nSPS) is 11.1. The summed E-state index contributed by atoms with van der Waals surface area (Å²) >= 11 is 3.34. The molecule has 0 saturated carbocycles. The third-order valence-electron chi connectivity index (χ3n) is 1.89. The molecule has 0 aliphatic rings. The average Bonchev–Trinajstić information content (AvgIpc) is 2.19. The molecule has 0 aliphatic heterocycles. The number of hydrogen-bond acceptors (Lipinski definition) is 3. The van der Waals surface area contributed by atoms with E-state index in [1.807, 2.05) is 24.3 Å². The van der Waals surface area contributed by atoms with Gasteiger partial charge in [0.05, 0.1) is 6.54 Å². The van der Waals surface area contributed by atoms with Crippen molar-refractivity contribution in [2.45, 2.75) is 32.9 Å². The van der Waals surface area contributed by atoms with Gasteiger partial charge in [0.15, 0.2) is 0 Å². The Morgan fingerprint density at radius 3 is 2.35 bits per heavy atom. The molecule has 1 rings (SSSR count). The van der Waals surface area contributed by atoms with E-state index in [1.165, 1.54) is 0 Å². The van der Waals surface area contributed by atoms with Crippen LogP contribution in [0.15, 0.2) is 28.7 Å². The summed E-state index contributed by atoms with van der Waals surface area (Å²) in [5.74, 6) is 5.64. The van der Waals surface area contributed by atoms with Crippen molar-refractivity contribution in [3.63, 3.8) is 0 Å². The van der Waals surface area contributed by atoms with Gasteiger partial charge in [0.2, 0.25) is 0 Å². The number of carbonyl (C=O) groups excluding carboxylic acids is 1. The number of carbonyl (C=O) groups is 1. The molecule has 4 nitrogen and oxygen atoms in total. The van der Waals surface area contributed by atoms with Gasteiger partial charge in [-0.05, 0) is 38.5 Å². The fourth-order valence-electron chi connectivity index (χ4n) is 1.17. The fraction of sp³-hybridized carbons (Fsp3) is 0.417. The molecule has 0 aromatic heterocycles. The van der Waals surface area contributed by atoms with Crippen LogP contribution >= 0.6 is 15.9 Å². The summed E-state index contributed by atoms with van der Waals surface area (Å²) in [7, 11) is 0. The predicted octanol–water partition coefficient (Wildman–Crippen LogP) is 3.06. The number of halogens is 1. The van der Waals surface area contributed by atoms with Crippen LogP contribution in [0, 0.1) is 0 Å². The zero-order valence-corrected chi connectivity index (χ0v) is 11.8. The second kappa shape index (κ2) is 5.51. The molecule has 1 amide bonds. The molecule has 94 valence electrons. The van der Waals surface area contributed by atoms with Gasteiger partial charge in [-0.15, -0.1) is 0 Å². The van der Waals surface area contributed by atoms with Crippen LogP contribution < -0.4 is 5.84 Å². The Labute approximate surface area is 110 Å². The largest absolute Gasteiger partial charge is 0.443 e. The number of amides is 1. The van der Waals surface area contributed by atoms with E-state index in [0.717, 1.165) is 15.0 Å². The summed E-state index contributed by atoms with van der Waals surface area (Å²) in [4.78, 5) is 11.6. The highest BCUT2D eigenvalue weighted by molar-refractivity contribution is 9.10. The minimum atomic E-state index is -0.533. The van der Waals surface area contributed by atoms with Crippen molar-refractivity contribution < 1.29 is 9.53 Å². The second-order valence-electron chi connectivity index (χ2n) is 4.73. The number of nitrogens with two attached hydrogens (primary N) is 1. The van der Waals surface area contributed by atoms with Crippen LogP contribution in [0.5, 0.6) is 0 Å². The Kier molecular flexibility index (Phi) is 4.54. The van der Waals surface area contributed by atoms with E-state index in [9.17, 15) is 4.79 Å². The van der Waals surface area contributed by atoms with E-state index in [0.29, 0.717) is 6.54 Å². The number of ether oxygens (including phenoxy) is 1. The van der Waals surface area contributed by atoms with Crippen molar-refractivity contribution in [3.8, 4) is 0 Å². The van der Waals surface area contributed by atoms with Crippen LogP contribution in [0.4, 0.5) is 4.79 Å². The lowest BCUT2D eigenvalue weighted by atomic mass is 10.2. The highest BCUT2D eigenvalue weighted by atomic mass is 79.9. The van der Waals surface area contributed by atoms with Crippen molar-refractivity contribution in [1.82, 2.24) is 5.01 Å². The van der Waals surface area contributed by atoms with Gasteiger partial charge in [-0.3, -0.25) is 0 Å². The Morgan fingerprint density at radius 2 is 1.88 bits per heavy atom. The summed E-state index contributed by atoms with van der Waals surface area (Å²) in [5.41, 5.74) is 0.413. The Hall–Kier alpha value is -1.07. The molecule has 2 N–H and O–H groups in total. The van der Waals surface area contributed by atoms with Crippen LogP contribution in [-0.2, 0) is 11.3 Å². The molecule has 0 radical (unpaired) electrons. The number of nitrogens with zero attached hydrogens (tertiary/aromatic N) is 1. The smallest absolute Gasteiger partial charge is 0.424 e. The highest BCUT2D eigenvalue weighted by Gasteiger charge is 2.20. The maximum Gasteiger partial charge on any atom is 0.424 e. The summed E-state index contributed by atoms with van der Waals surface area (Å²) < 4.78 is 6.14. The lowest BCUT2D eigenvalue weighted by Gasteiger charge is -2.24. The van der Waals surface area contributed by atoms with E-state index in [2.05, 4.69) is 15.9 Å². The molecule has 0 spiro atoms. The van der Waals surface area contributed by atoms with Crippen molar-refractivity contribution >= 4 is 22.0 Å². The summed E-state index contributed by atoms with van der Waals surface area (Å²) in [6, 6.07) is 7.60. The van der Waals surface area contributed by atoms with E-state index < -0.39 is 11.7 Å². The van der Waals surface area contributed by atoms with Crippen molar-refractivity contribution in [3.05, 3.63) is 34.3 Å². The first-order valence-corrected chi connectivity index (χ1v) is 6.07. The third-order valence-corrected chi connectivity index (χ3v) is 2.42. The van der Waals surface area contributed by atoms with Crippen molar-refractivity contribution in [1.29, 1.82) is 0 Å². The Morgan fingerprint density at radius 1 is 1.35 bits per heavy atom. The zero-order valence-electron chi connectivity index (χ0n) is 10.2. The summed E-state index contributed by atoms with van der Waals surface area (Å²) in [5, 5.41) is 1.06. The average molecular weight is 301 g/mol. The van der Waals surface area contributed by atoms with Gasteiger partial charge < -0.3 is 4.74 Å². The van der Waals surface area contributed by atoms with Crippen LogP contribution in [0.1, 0.15) is 26.3 Å². The van der Waals surface area contributed by atoms with Crippen LogP contribution in [0.25, 0.3) is 0 Å². The van der Waals surface area contributed by atoms with Gasteiger partial charge in [0, 0.05) is 4.47 Å². The number of rotatable bonds is 2.